The smallest absolute Gasteiger partial charge is 0.243 e. The third-order valence-corrected chi connectivity index (χ3v) is 3.51. The monoisotopic (exact) mass is 297 g/mol. The number of aromatic nitrogens is 1. The molecule has 0 saturated heterocycles. The molecule has 1 heterocycles. The summed E-state index contributed by atoms with van der Waals surface area (Å²) >= 11 is 0. The number of likely N-dealkylation sites (N-methyl/N-ethyl adjacent to an activating group) is 1. The molecule has 1 atom stereocenters. The normalized spacial score (nSPS) is 12.7. The summed E-state index contributed by atoms with van der Waals surface area (Å²) < 4.78 is 10.8. The van der Waals surface area contributed by atoms with Crippen LogP contribution in [0.5, 0.6) is 0 Å². The lowest BCUT2D eigenvalue weighted by Gasteiger charge is -2.18. The summed E-state index contributed by atoms with van der Waals surface area (Å²) in [5.74, 6) is 0.328. The first-order valence-electron chi connectivity index (χ1n) is 7.47. The lowest BCUT2D eigenvalue weighted by atomic mass is 10.2. The van der Waals surface area contributed by atoms with Crippen molar-refractivity contribution < 1.29 is 14.1 Å². The first kappa shape index (κ1) is 17.7. The molecule has 0 fully saturated rings. The number of anilines is 1. The Kier molecular flexibility index (Phi) is 7.39. The molecule has 1 unspecified atom stereocenters. The standard InChI is InChI=1S/C15H27N3O3/c1-6-7-9-20-10-8-13-11(2)17-21-15(13)16-14(19)12(3)18(4)5/h12H,6-10H2,1-5H3,(H,16,19). The number of rotatable bonds is 9. The molecule has 0 aliphatic rings. The summed E-state index contributed by atoms with van der Waals surface area (Å²) in [5.41, 5.74) is 1.70. The van der Waals surface area contributed by atoms with Crippen molar-refractivity contribution in [1.82, 2.24) is 10.1 Å². The van der Waals surface area contributed by atoms with Gasteiger partial charge >= 0.3 is 0 Å². The van der Waals surface area contributed by atoms with E-state index in [1.807, 2.05) is 32.8 Å². The average Bonchev–Trinajstić information content (AvgIpc) is 2.78. The Bertz CT molecular complexity index is 443. The van der Waals surface area contributed by atoms with Gasteiger partial charge in [-0.15, -0.1) is 0 Å². The van der Waals surface area contributed by atoms with Crippen LogP contribution in [0, 0.1) is 6.92 Å². The van der Waals surface area contributed by atoms with Crippen LogP contribution in [-0.4, -0.2) is 49.3 Å². The highest BCUT2D eigenvalue weighted by Gasteiger charge is 2.20. The van der Waals surface area contributed by atoms with Crippen molar-refractivity contribution in [2.75, 3.05) is 32.6 Å². The first-order valence-corrected chi connectivity index (χ1v) is 7.47. The second kappa shape index (κ2) is 8.79. The number of unbranched alkanes of at least 4 members (excludes halogenated alkanes) is 1. The first-order chi connectivity index (χ1) is 9.97. The van der Waals surface area contributed by atoms with Crippen molar-refractivity contribution in [1.29, 1.82) is 0 Å². The summed E-state index contributed by atoms with van der Waals surface area (Å²) in [6, 6.07) is -0.232. The summed E-state index contributed by atoms with van der Waals surface area (Å²) in [6.45, 7) is 7.21. The molecule has 1 aromatic rings. The van der Waals surface area contributed by atoms with Crippen LogP contribution in [0.3, 0.4) is 0 Å². The van der Waals surface area contributed by atoms with Gasteiger partial charge < -0.3 is 9.26 Å². The van der Waals surface area contributed by atoms with E-state index in [0.717, 1.165) is 30.7 Å². The zero-order valence-electron chi connectivity index (χ0n) is 13.7. The number of amides is 1. The van der Waals surface area contributed by atoms with Gasteiger partial charge in [-0.25, -0.2) is 0 Å². The molecule has 120 valence electrons. The molecule has 21 heavy (non-hydrogen) atoms. The Hall–Kier alpha value is -1.40. The highest BCUT2D eigenvalue weighted by atomic mass is 16.5. The molecule has 1 aromatic heterocycles. The van der Waals surface area contributed by atoms with Gasteiger partial charge in [0.05, 0.1) is 18.3 Å². The molecule has 6 nitrogen and oxygen atoms in total. The average molecular weight is 297 g/mol. The van der Waals surface area contributed by atoms with Gasteiger partial charge in [0.1, 0.15) is 0 Å². The maximum Gasteiger partial charge on any atom is 0.243 e. The minimum absolute atomic E-state index is 0.107. The number of aryl methyl sites for hydroxylation is 1. The van der Waals surface area contributed by atoms with Crippen LogP contribution < -0.4 is 5.32 Å². The summed E-state index contributed by atoms with van der Waals surface area (Å²) in [6.07, 6.45) is 2.87. The third-order valence-electron chi connectivity index (χ3n) is 3.51. The van der Waals surface area contributed by atoms with Crippen LogP contribution in [-0.2, 0) is 16.0 Å². The maximum atomic E-state index is 12.1. The Morgan fingerprint density at radius 1 is 1.43 bits per heavy atom. The van der Waals surface area contributed by atoms with Crippen LogP contribution in [0.4, 0.5) is 5.88 Å². The van der Waals surface area contributed by atoms with Crippen molar-refractivity contribution in [2.45, 2.75) is 46.1 Å². The number of carbonyl (C=O) groups excluding carboxylic acids is 1. The van der Waals surface area contributed by atoms with Crippen LogP contribution in [0.25, 0.3) is 0 Å². The molecular formula is C15H27N3O3. The maximum absolute atomic E-state index is 12.1. The second-order valence-electron chi connectivity index (χ2n) is 5.42. The van der Waals surface area contributed by atoms with E-state index in [4.69, 9.17) is 9.26 Å². The SMILES string of the molecule is CCCCOCCc1c(C)noc1NC(=O)C(C)N(C)C. The van der Waals surface area contributed by atoms with Crippen LogP contribution in [0.2, 0.25) is 0 Å². The molecule has 6 heteroatoms. The van der Waals surface area contributed by atoms with Crippen LogP contribution in [0.15, 0.2) is 4.52 Å². The summed E-state index contributed by atoms with van der Waals surface area (Å²) in [4.78, 5) is 13.9. The fraction of sp³-hybridized carbons (Fsp3) is 0.733. The van der Waals surface area contributed by atoms with Crippen LogP contribution in [0.1, 0.15) is 37.9 Å². The molecule has 1 N–H and O–H groups in total. The third kappa shape index (κ3) is 5.47. The van der Waals surface area contributed by atoms with Gasteiger partial charge in [-0.05, 0) is 34.4 Å². The van der Waals surface area contributed by atoms with Crippen molar-refractivity contribution in [3.05, 3.63) is 11.3 Å². The fourth-order valence-electron chi connectivity index (χ4n) is 1.75. The van der Waals surface area contributed by atoms with E-state index >= 15 is 0 Å². The lowest BCUT2D eigenvalue weighted by Crippen LogP contribution is -2.37. The molecule has 1 amide bonds. The highest BCUT2D eigenvalue weighted by molar-refractivity contribution is 5.93. The predicted octanol–water partition coefficient (Wildman–Crippen LogP) is 2.23. The zero-order valence-corrected chi connectivity index (χ0v) is 13.7. The number of carbonyl (C=O) groups is 1. The molecule has 0 saturated carbocycles. The number of nitrogens with one attached hydrogen (secondary N) is 1. The molecule has 0 radical (unpaired) electrons. The fourth-order valence-corrected chi connectivity index (χ4v) is 1.75. The van der Waals surface area contributed by atoms with Gasteiger partial charge in [-0.1, -0.05) is 18.5 Å². The predicted molar refractivity (Wildman–Crippen MR) is 82.4 cm³/mol. The van der Waals surface area contributed by atoms with Gasteiger partial charge in [0, 0.05) is 18.6 Å². The molecule has 0 aromatic carbocycles. The largest absolute Gasteiger partial charge is 0.381 e. The van der Waals surface area contributed by atoms with E-state index in [-0.39, 0.29) is 11.9 Å². The Morgan fingerprint density at radius 3 is 2.76 bits per heavy atom. The molecule has 1 rings (SSSR count). The topological polar surface area (TPSA) is 67.6 Å². The van der Waals surface area contributed by atoms with Gasteiger partial charge in [0.2, 0.25) is 11.8 Å². The van der Waals surface area contributed by atoms with Gasteiger partial charge in [0.15, 0.2) is 0 Å². The Labute approximate surface area is 126 Å². The van der Waals surface area contributed by atoms with E-state index in [0.29, 0.717) is 18.9 Å². The van der Waals surface area contributed by atoms with Crippen LogP contribution >= 0.6 is 0 Å². The van der Waals surface area contributed by atoms with E-state index in [1.165, 1.54) is 0 Å². The van der Waals surface area contributed by atoms with Gasteiger partial charge in [-0.2, -0.15) is 0 Å². The second-order valence-corrected chi connectivity index (χ2v) is 5.42. The lowest BCUT2D eigenvalue weighted by molar-refractivity contribution is -0.120. The zero-order chi connectivity index (χ0) is 15.8. The molecule has 0 bridgehead atoms. The number of nitrogens with zero attached hydrogens (tertiary/aromatic N) is 2. The summed E-state index contributed by atoms with van der Waals surface area (Å²) in [7, 11) is 3.72. The van der Waals surface area contributed by atoms with Gasteiger partial charge in [0.25, 0.3) is 0 Å². The number of hydrogen-bond acceptors (Lipinski definition) is 5. The summed E-state index contributed by atoms with van der Waals surface area (Å²) in [5, 5.41) is 6.73. The van der Waals surface area contributed by atoms with E-state index in [9.17, 15) is 4.79 Å². The van der Waals surface area contributed by atoms with Crippen molar-refractivity contribution in [3.63, 3.8) is 0 Å². The molecular weight excluding hydrogens is 270 g/mol. The highest BCUT2D eigenvalue weighted by Crippen LogP contribution is 2.20. The van der Waals surface area contributed by atoms with Crippen molar-refractivity contribution in [3.8, 4) is 0 Å². The minimum atomic E-state index is -0.232. The van der Waals surface area contributed by atoms with Gasteiger partial charge in [-0.3, -0.25) is 15.0 Å². The van der Waals surface area contributed by atoms with E-state index in [1.54, 1.807) is 0 Å². The quantitative estimate of drug-likeness (QED) is 0.708. The van der Waals surface area contributed by atoms with E-state index in [2.05, 4.69) is 17.4 Å². The Morgan fingerprint density at radius 2 is 2.14 bits per heavy atom. The van der Waals surface area contributed by atoms with Crippen molar-refractivity contribution in [2.24, 2.45) is 0 Å². The minimum Gasteiger partial charge on any atom is -0.381 e. The number of ether oxygens (including phenoxy) is 1. The number of hydrogen-bond donors (Lipinski definition) is 1. The Balaban J connectivity index is 2.57. The molecule has 0 aliphatic carbocycles. The van der Waals surface area contributed by atoms with E-state index < -0.39 is 0 Å². The molecule has 0 aliphatic heterocycles. The van der Waals surface area contributed by atoms with Crippen molar-refractivity contribution >= 4 is 11.8 Å². The molecule has 0 spiro atoms.